The van der Waals surface area contributed by atoms with E-state index in [1.54, 1.807) is 42.5 Å². The van der Waals surface area contributed by atoms with Crippen molar-refractivity contribution in [3.05, 3.63) is 87.7 Å². The summed E-state index contributed by atoms with van der Waals surface area (Å²) in [6.45, 7) is 0.235. The Morgan fingerprint density at radius 1 is 1.20 bits per heavy atom. The number of halogens is 2. The average molecular weight is 472 g/mol. The molecule has 6 nitrogen and oxygen atoms in total. The molecule has 2 aromatic carbocycles. The largest absolute Gasteiger partial charge is 0.493 e. The number of nitrogens with zero attached hydrogens (tertiary/aromatic N) is 1. The Bertz CT molecular complexity index is 1140. The Kier molecular flexibility index (Phi) is 5.67. The zero-order valence-electron chi connectivity index (χ0n) is 15.7. The molecule has 4 rings (SSSR count). The van der Waals surface area contributed by atoms with Gasteiger partial charge in [-0.1, -0.05) is 12.1 Å². The van der Waals surface area contributed by atoms with Crippen LogP contribution >= 0.6 is 15.9 Å². The van der Waals surface area contributed by atoms with Crippen LogP contribution in [-0.2, 0) is 16.1 Å². The summed E-state index contributed by atoms with van der Waals surface area (Å²) in [6.07, 6.45) is 3.05. The lowest BCUT2D eigenvalue weighted by Gasteiger charge is -2.13. The number of ether oxygens (including phenoxy) is 3. The lowest BCUT2D eigenvalue weighted by atomic mass is 10.1. The van der Waals surface area contributed by atoms with Crippen LogP contribution in [0.15, 0.2) is 74.4 Å². The van der Waals surface area contributed by atoms with Gasteiger partial charge in [-0.3, -0.25) is 0 Å². The summed E-state index contributed by atoms with van der Waals surface area (Å²) < 4.78 is 35.3. The molecule has 3 aromatic rings. The predicted molar refractivity (Wildman–Crippen MR) is 111 cm³/mol. The summed E-state index contributed by atoms with van der Waals surface area (Å²) in [7, 11) is 1.51. The molecule has 152 valence electrons. The molecule has 0 saturated carbocycles. The molecule has 0 aliphatic carbocycles. The van der Waals surface area contributed by atoms with Crippen LogP contribution < -0.4 is 9.47 Å². The number of benzene rings is 2. The topological polar surface area (TPSA) is 70.3 Å². The van der Waals surface area contributed by atoms with Crippen molar-refractivity contribution in [3.63, 3.8) is 0 Å². The summed E-state index contributed by atoms with van der Waals surface area (Å²) >= 11 is 3.47. The second kappa shape index (κ2) is 8.54. The van der Waals surface area contributed by atoms with Gasteiger partial charge in [0.1, 0.15) is 12.4 Å². The number of cyclic esters (lactones) is 1. The van der Waals surface area contributed by atoms with Gasteiger partial charge in [0.15, 0.2) is 23.0 Å². The number of carbonyl (C=O) groups excluding carboxylic acids is 1. The highest BCUT2D eigenvalue weighted by Gasteiger charge is 2.26. The number of rotatable bonds is 6. The van der Waals surface area contributed by atoms with E-state index < -0.39 is 5.97 Å². The maximum absolute atomic E-state index is 13.1. The average Bonchev–Trinajstić information content (AvgIpc) is 3.38. The van der Waals surface area contributed by atoms with Gasteiger partial charge in [0, 0.05) is 0 Å². The van der Waals surface area contributed by atoms with Crippen molar-refractivity contribution in [2.24, 2.45) is 4.99 Å². The molecule has 0 spiro atoms. The minimum atomic E-state index is -0.576. The molecule has 1 aromatic heterocycles. The summed E-state index contributed by atoms with van der Waals surface area (Å²) in [5.74, 6) is 0.542. The number of methoxy groups -OCH3 is 1. The van der Waals surface area contributed by atoms with Crippen LogP contribution in [0.3, 0.4) is 0 Å². The first-order chi connectivity index (χ1) is 14.5. The van der Waals surface area contributed by atoms with Crippen LogP contribution in [0.25, 0.3) is 6.08 Å². The van der Waals surface area contributed by atoms with Gasteiger partial charge in [0.2, 0.25) is 0 Å². The van der Waals surface area contributed by atoms with Gasteiger partial charge in [-0.2, -0.15) is 0 Å². The molecule has 0 radical (unpaired) electrons. The van der Waals surface area contributed by atoms with Gasteiger partial charge in [-0.15, -0.1) is 0 Å². The molecule has 1 aliphatic rings. The summed E-state index contributed by atoms with van der Waals surface area (Å²) in [4.78, 5) is 16.3. The molecule has 0 atom stereocenters. The van der Waals surface area contributed by atoms with Crippen LogP contribution in [0.5, 0.6) is 11.5 Å². The van der Waals surface area contributed by atoms with E-state index >= 15 is 0 Å². The Balaban J connectivity index is 1.58. The zero-order chi connectivity index (χ0) is 21.1. The fraction of sp³-hybridized carbons (Fsp3) is 0.0909. The van der Waals surface area contributed by atoms with E-state index in [2.05, 4.69) is 20.9 Å². The first-order valence-electron chi connectivity index (χ1n) is 8.84. The lowest BCUT2D eigenvalue weighted by Crippen LogP contribution is -2.04. The number of hydrogen-bond acceptors (Lipinski definition) is 6. The monoisotopic (exact) mass is 471 g/mol. The second-order valence-corrected chi connectivity index (χ2v) is 7.12. The third-order valence-corrected chi connectivity index (χ3v) is 4.79. The van der Waals surface area contributed by atoms with E-state index in [1.807, 2.05) is 0 Å². The smallest absolute Gasteiger partial charge is 0.363 e. The van der Waals surface area contributed by atoms with Crippen molar-refractivity contribution in [2.75, 3.05) is 7.11 Å². The molecule has 0 unspecified atom stereocenters. The Hall–Kier alpha value is -3.39. The van der Waals surface area contributed by atoms with Gasteiger partial charge in [0.25, 0.3) is 5.90 Å². The van der Waals surface area contributed by atoms with Gasteiger partial charge < -0.3 is 18.6 Å². The van der Waals surface area contributed by atoms with Crippen molar-refractivity contribution in [3.8, 4) is 11.5 Å². The molecule has 0 amide bonds. The van der Waals surface area contributed by atoms with E-state index in [4.69, 9.17) is 18.6 Å². The van der Waals surface area contributed by atoms with Gasteiger partial charge in [-0.05, 0) is 69.5 Å². The van der Waals surface area contributed by atoms with Crippen LogP contribution in [0.1, 0.15) is 16.9 Å². The van der Waals surface area contributed by atoms with E-state index in [0.717, 1.165) is 5.56 Å². The molecule has 0 saturated heterocycles. The lowest BCUT2D eigenvalue weighted by molar-refractivity contribution is -0.130. The Morgan fingerprint density at radius 2 is 2.00 bits per heavy atom. The molecule has 0 bridgehead atoms. The highest BCUT2D eigenvalue weighted by Crippen LogP contribution is 2.38. The van der Waals surface area contributed by atoms with Gasteiger partial charge in [-0.25, -0.2) is 14.2 Å². The first-order valence-corrected chi connectivity index (χ1v) is 9.64. The van der Waals surface area contributed by atoms with Crippen LogP contribution in [0.2, 0.25) is 0 Å². The van der Waals surface area contributed by atoms with Crippen molar-refractivity contribution in [2.45, 2.75) is 6.61 Å². The number of esters is 1. The minimum Gasteiger partial charge on any atom is -0.493 e. The number of hydrogen-bond donors (Lipinski definition) is 0. The highest BCUT2D eigenvalue weighted by atomic mass is 79.9. The highest BCUT2D eigenvalue weighted by molar-refractivity contribution is 9.10. The maximum Gasteiger partial charge on any atom is 0.363 e. The third kappa shape index (κ3) is 4.28. The Labute approximate surface area is 179 Å². The number of furan rings is 1. The Morgan fingerprint density at radius 3 is 2.70 bits per heavy atom. The fourth-order valence-electron chi connectivity index (χ4n) is 2.77. The molecule has 2 heterocycles. The molecule has 8 heteroatoms. The zero-order valence-corrected chi connectivity index (χ0v) is 17.3. The van der Waals surface area contributed by atoms with Crippen LogP contribution in [0.4, 0.5) is 4.39 Å². The SMILES string of the molecule is COc1cc(/C=C2\N=C(c3ccco3)OC2=O)cc(Br)c1OCc1ccc(F)cc1. The van der Waals surface area contributed by atoms with Crippen molar-refractivity contribution < 1.29 is 27.8 Å². The predicted octanol–water partition coefficient (Wildman–Crippen LogP) is 5.11. The number of carbonyl (C=O) groups is 1. The minimum absolute atomic E-state index is 0.113. The van der Waals surface area contributed by atoms with E-state index in [9.17, 15) is 9.18 Å². The normalized spacial score (nSPS) is 14.6. The quantitative estimate of drug-likeness (QED) is 0.368. The number of aliphatic imine (C=N–C) groups is 1. The maximum atomic E-state index is 13.1. The third-order valence-electron chi connectivity index (χ3n) is 4.20. The van der Waals surface area contributed by atoms with Gasteiger partial charge >= 0.3 is 5.97 Å². The molecule has 1 aliphatic heterocycles. The van der Waals surface area contributed by atoms with E-state index in [-0.39, 0.29) is 24.0 Å². The standard InChI is InChI=1S/C22H15BrFNO5/c1-27-19-11-14(10-17-22(26)30-21(25-17)18-3-2-8-28-18)9-16(23)20(19)29-12-13-4-6-15(24)7-5-13/h2-11H,12H2,1H3/b17-10-. The van der Waals surface area contributed by atoms with E-state index in [0.29, 0.717) is 27.3 Å². The van der Waals surface area contributed by atoms with Crippen molar-refractivity contribution in [1.82, 2.24) is 0 Å². The fourth-order valence-corrected chi connectivity index (χ4v) is 3.35. The van der Waals surface area contributed by atoms with Gasteiger partial charge in [0.05, 0.1) is 17.8 Å². The molecule has 30 heavy (non-hydrogen) atoms. The van der Waals surface area contributed by atoms with E-state index in [1.165, 1.54) is 25.5 Å². The first kappa shape index (κ1) is 19.9. The second-order valence-electron chi connectivity index (χ2n) is 6.26. The van der Waals surface area contributed by atoms with Crippen LogP contribution in [0, 0.1) is 5.82 Å². The van der Waals surface area contributed by atoms with Crippen molar-refractivity contribution in [1.29, 1.82) is 0 Å². The summed E-state index contributed by atoms with van der Waals surface area (Å²) in [5.41, 5.74) is 1.60. The molecule has 0 fully saturated rings. The molecular formula is C22H15BrFNO5. The van der Waals surface area contributed by atoms with Crippen LogP contribution in [-0.4, -0.2) is 19.0 Å². The summed E-state index contributed by atoms with van der Waals surface area (Å²) in [6, 6.07) is 12.9. The molecule has 0 N–H and O–H groups in total. The molecular weight excluding hydrogens is 457 g/mol. The summed E-state index contributed by atoms with van der Waals surface area (Å²) in [5, 5.41) is 0. The van der Waals surface area contributed by atoms with Crippen molar-refractivity contribution >= 4 is 33.9 Å².